The number of hydrogen-bond acceptors (Lipinski definition) is 2. The van der Waals surface area contributed by atoms with Crippen molar-refractivity contribution >= 4 is 0 Å². The first kappa shape index (κ1) is 10.1. The average molecular weight is 210 g/mol. The Morgan fingerprint density at radius 1 is 0.467 bits per heavy atom. The Morgan fingerprint density at radius 2 is 0.800 bits per heavy atom. The van der Waals surface area contributed by atoms with Gasteiger partial charge < -0.3 is 9.47 Å². The summed E-state index contributed by atoms with van der Waals surface area (Å²) in [5.41, 5.74) is 0. The summed E-state index contributed by atoms with van der Waals surface area (Å²) in [6.45, 7) is 0. The Balaban J connectivity index is 1.44. The quantitative estimate of drug-likeness (QED) is 0.574. The van der Waals surface area contributed by atoms with E-state index in [-0.39, 0.29) is 0 Å². The van der Waals surface area contributed by atoms with Gasteiger partial charge >= 0.3 is 0 Å². The summed E-state index contributed by atoms with van der Waals surface area (Å²) in [5, 5.41) is 0. The number of epoxide rings is 2. The molecule has 4 atom stereocenters. The minimum absolute atomic E-state index is 0.627. The lowest BCUT2D eigenvalue weighted by Crippen LogP contribution is -1.95. The highest BCUT2D eigenvalue weighted by Gasteiger charge is 2.39. The Bertz CT molecular complexity index is 195. The molecule has 2 nitrogen and oxygen atoms in total. The Morgan fingerprint density at radius 3 is 1.20 bits per heavy atom. The van der Waals surface area contributed by atoms with Crippen molar-refractivity contribution in [1.82, 2.24) is 0 Å². The van der Waals surface area contributed by atoms with Gasteiger partial charge in [-0.1, -0.05) is 32.1 Å². The first-order valence-electron chi connectivity index (χ1n) is 6.74. The van der Waals surface area contributed by atoms with E-state index in [1.807, 2.05) is 0 Å². The average Bonchev–Trinajstić information content (AvgIpc) is 3.10. The highest BCUT2D eigenvalue weighted by Crippen LogP contribution is 2.35. The van der Waals surface area contributed by atoms with Crippen LogP contribution in [0, 0.1) is 0 Å². The van der Waals surface area contributed by atoms with Gasteiger partial charge in [-0.3, -0.25) is 0 Å². The molecule has 4 unspecified atom stereocenters. The largest absolute Gasteiger partial charge is 0.370 e. The fraction of sp³-hybridized carbons (Fsp3) is 1.00. The standard InChI is InChI=1S/C13H22O2/c1-2-6-10-12(14-10)8-4-5-9-13-11(15-13)7-3-1/h10-13H,1-9H2. The van der Waals surface area contributed by atoms with E-state index in [9.17, 15) is 0 Å². The van der Waals surface area contributed by atoms with E-state index >= 15 is 0 Å². The number of hydrogen-bond donors (Lipinski definition) is 0. The molecule has 0 aromatic carbocycles. The fourth-order valence-electron chi connectivity index (χ4n) is 2.93. The third-order valence-electron chi connectivity index (χ3n) is 4.08. The van der Waals surface area contributed by atoms with Crippen LogP contribution in [0.3, 0.4) is 0 Å². The summed E-state index contributed by atoms with van der Waals surface area (Å²) in [7, 11) is 0. The molecule has 0 aromatic rings. The van der Waals surface area contributed by atoms with Gasteiger partial charge in [0, 0.05) is 0 Å². The van der Waals surface area contributed by atoms with Crippen LogP contribution in [0.4, 0.5) is 0 Å². The second-order valence-electron chi connectivity index (χ2n) is 5.35. The molecule has 2 heteroatoms. The molecule has 3 fully saturated rings. The van der Waals surface area contributed by atoms with Crippen LogP contribution in [0.15, 0.2) is 0 Å². The van der Waals surface area contributed by atoms with Gasteiger partial charge in [0.05, 0.1) is 24.4 Å². The van der Waals surface area contributed by atoms with Crippen molar-refractivity contribution in [1.29, 1.82) is 0 Å². The first-order valence-corrected chi connectivity index (χ1v) is 6.74. The van der Waals surface area contributed by atoms with E-state index in [2.05, 4.69) is 0 Å². The SMILES string of the molecule is C1CCC2OC2CCCCC2OC2CC1. The zero-order valence-corrected chi connectivity index (χ0v) is 9.49. The second-order valence-corrected chi connectivity index (χ2v) is 5.35. The summed E-state index contributed by atoms with van der Waals surface area (Å²) in [5.74, 6) is 0. The predicted octanol–water partition coefficient (Wildman–Crippen LogP) is 3.05. The molecule has 2 heterocycles. The molecule has 0 N–H and O–H groups in total. The summed E-state index contributed by atoms with van der Waals surface area (Å²) in [4.78, 5) is 0. The van der Waals surface area contributed by atoms with Crippen LogP contribution in [0.1, 0.15) is 57.8 Å². The van der Waals surface area contributed by atoms with Gasteiger partial charge in [-0.05, 0) is 25.7 Å². The minimum atomic E-state index is 0.627. The van der Waals surface area contributed by atoms with Crippen LogP contribution in [0.25, 0.3) is 0 Å². The van der Waals surface area contributed by atoms with Crippen molar-refractivity contribution in [2.24, 2.45) is 0 Å². The van der Waals surface area contributed by atoms with Gasteiger partial charge in [0.15, 0.2) is 0 Å². The van der Waals surface area contributed by atoms with Gasteiger partial charge in [0.1, 0.15) is 0 Å². The smallest absolute Gasteiger partial charge is 0.0841 e. The molecule has 2 aliphatic heterocycles. The van der Waals surface area contributed by atoms with E-state index in [0.29, 0.717) is 24.4 Å². The second kappa shape index (κ2) is 4.42. The number of ether oxygens (including phenoxy) is 2. The van der Waals surface area contributed by atoms with E-state index in [4.69, 9.17) is 9.47 Å². The lowest BCUT2D eigenvalue weighted by atomic mass is 10.1. The molecular formula is C13H22O2. The number of rotatable bonds is 0. The molecule has 15 heavy (non-hydrogen) atoms. The Kier molecular flexibility index (Phi) is 2.98. The Hall–Kier alpha value is -0.0800. The molecule has 1 aliphatic carbocycles. The van der Waals surface area contributed by atoms with E-state index in [1.54, 1.807) is 0 Å². The fourth-order valence-corrected chi connectivity index (χ4v) is 2.93. The molecule has 0 amide bonds. The third-order valence-corrected chi connectivity index (χ3v) is 4.08. The molecule has 0 radical (unpaired) electrons. The zero-order valence-electron chi connectivity index (χ0n) is 9.49. The highest BCUT2D eigenvalue weighted by atomic mass is 16.6. The lowest BCUT2D eigenvalue weighted by molar-refractivity contribution is 0.343. The van der Waals surface area contributed by atoms with Crippen molar-refractivity contribution in [2.45, 2.75) is 82.2 Å². The molecule has 0 spiro atoms. The van der Waals surface area contributed by atoms with Gasteiger partial charge in [-0.2, -0.15) is 0 Å². The van der Waals surface area contributed by atoms with Crippen LogP contribution in [0.5, 0.6) is 0 Å². The number of fused-ring (bicyclic) bond motifs is 2. The summed E-state index contributed by atoms with van der Waals surface area (Å²) in [6, 6.07) is 0. The lowest BCUT2D eigenvalue weighted by Gasteiger charge is -1.97. The maximum absolute atomic E-state index is 5.67. The maximum atomic E-state index is 5.67. The van der Waals surface area contributed by atoms with Crippen LogP contribution < -0.4 is 0 Å². The minimum Gasteiger partial charge on any atom is -0.370 e. The van der Waals surface area contributed by atoms with Gasteiger partial charge in [-0.25, -0.2) is 0 Å². The van der Waals surface area contributed by atoms with Crippen molar-refractivity contribution < 1.29 is 9.47 Å². The van der Waals surface area contributed by atoms with E-state index in [0.717, 1.165) is 0 Å². The Labute approximate surface area is 92.3 Å². The highest BCUT2D eigenvalue weighted by molar-refractivity contribution is 4.87. The monoisotopic (exact) mass is 210 g/mol. The molecule has 1 saturated carbocycles. The van der Waals surface area contributed by atoms with Crippen molar-refractivity contribution in [3.8, 4) is 0 Å². The predicted molar refractivity (Wildman–Crippen MR) is 58.9 cm³/mol. The van der Waals surface area contributed by atoms with Crippen LogP contribution in [0.2, 0.25) is 0 Å². The first-order chi connectivity index (χ1) is 7.43. The van der Waals surface area contributed by atoms with Gasteiger partial charge in [0.2, 0.25) is 0 Å². The van der Waals surface area contributed by atoms with Crippen LogP contribution in [-0.4, -0.2) is 24.4 Å². The third kappa shape index (κ3) is 2.73. The molecule has 0 aromatic heterocycles. The topological polar surface area (TPSA) is 25.1 Å². The summed E-state index contributed by atoms with van der Waals surface area (Å²) in [6.07, 6.45) is 14.5. The molecule has 2 saturated heterocycles. The molecule has 3 rings (SSSR count). The molecule has 86 valence electrons. The maximum Gasteiger partial charge on any atom is 0.0841 e. The van der Waals surface area contributed by atoms with E-state index < -0.39 is 0 Å². The van der Waals surface area contributed by atoms with Gasteiger partial charge in [-0.15, -0.1) is 0 Å². The van der Waals surface area contributed by atoms with Crippen molar-refractivity contribution in [3.05, 3.63) is 0 Å². The van der Waals surface area contributed by atoms with Crippen molar-refractivity contribution in [3.63, 3.8) is 0 Å². The van der Waals surface area contributed by atoms with E-state index in [1.165, 1.54) is 57.8 Å². The zero-order chi connectivity index (χ0) is 10.1. The normalized spacial score (nSPS) is 46.4. The van der Waals surface area contributed by atoms with Crippen LogP contribution >= 0.6 is 0 Å². The summed E-state index contributed by atoms with van der Waals surface area (Å²) < 4.78 is 11.3. The van der Waals surface area contributed by atoms with Gasteiger partial charge in [0.25, 0.3) is 0 Å². The van der Waals surface area contributed by atoms with Crippen LogP contribution in [-0.2, 0) is 9.47 Å². The summed E-state index contributed by atoms with van der Waals surface area (Å²) >= 11 is 0. The molecular weight excluding hydrogens is 188 g/mol. The molecule has 3 aliphatic rings. The van der Waals surface area contributed by atoms with Crippen molar-refractivity contribution in [2.75, 3.05) is 0 Å². The molecule has 0 bridgehead atoms.